The van der Waals surface area contributed by atoms with Crippen LogP contribution in [0.4, 0.5) is 0 Å². The van der Waals surface area contributed by atoms with Gasteiger partial charge in [0.1, 0.15) is 11.3 Å². The Kier molecular flexibility index (Phi) is 3.54. The van der Waals surface area contributed by atoms with Crippen molar-refractivity contribution in [2.75, 3.05) is 6.61 Å². The van der Waals surface area contributed by atoms with E-state index in [0.29, 0.717) is 5.15 Å². The summed E-state index contributed by atoms with van der Waals surface area (Å²) in [5.41, 5.74) is 1.02. The molecule has 3 nitrogen and oxygen atoms in total. The SMILES string of the molecule is CCCc1cc(Cl)nc(C2CCCO2)n1. The van der Waals surface area contributed by atoms with Gasteiger partial charge < -0.3 is 4.74 Å². The van der Waals surface area contributed by atoms with Crippen molar-refractivity contribution < 1.29 is 4.74 Å². The van der Waals surface area contributed by atoms with Crippen LogP contribution in [0.25, 0.3) is 0 Å². The number of ether oxygens (including phenoxy) is 1. The van der Waals surface area contributed by atoms with Crippen LogP contribution >= 0.6 is 11.6 Å². The molecule has 0 amide bonds. The van der Waals surface area contributed by atoms with Gasteiger partial charge in [0.25, 0.3) is 0 Å². The standard InChI is InChI=1S/C11H15ClN2O/c1-2-4-8-7-10(12)14-11(13-8)9-5-3-6-15-9/h7,9H,2-6H2,1H3. The first kappa shape index (κ1) is 10.8. The highest BCUT2D eigenvalue weighted by molar-refractivity contribution is 6.29. The summed E-state index contributed by atoms with van der Waals surface area (Å²) in [6.45, 7) is 2.94. The smallest absolute Gasteiger partial charge is 0.159 e. The molecule has 0 bridgehead atoms. The van der Waals surface area contributed by atoms with Crippen molar-refractivity contribution in [1.29, 1.82) is 0 Å². The first-order valence-electron chi connectivity index (χ1n) is 5.44. The number of hydrogen-bond donors (Lipinski definition) is 0. The van der Waals surface area contributed by atoms with Crippen molar-refractivity contribution in [2.45, 2.75) is 38.7 Å². The molecule has 0 spiro atoms. The maximum atomic E-state index is 5.96. The van der Waals surface area contributed by atoms with Crippen molar-refractivity contribution >= 4 is 11.6 Å². The highest BCUT2D eigenvalue weighted by Gasteiger charge is 2.21. The highest BCUT2D eigenvalue weighted by atomic mass is 35.5. The van der Waals surface area contributed by atoms with Crippen LogP contribution in [0, 0.1) is 0 Å². The number of rotatable bonds is 3. The molecule has 0 radical (unpaired) electrons. The van der Waals surface area contributed by atoms with E-state index in [-0.39, 0.29) is 6.10 Å². The molecule has 0 aliphatic carbocycles. The molecule has 0 saturated carbocycles. The van der Waals surface area contributed by atoms with Gasteiger partial charge in [-0.1, -0.05) is 24.9 Å². The normalized spacial score (nSPS) is 20.8. The van der Waals surface area contributed by atoms with Gasteiger partial charge in [0, 0.05) is 12.3 Å². The zero-order chi connectivity index (χ0) is 10.7. The summed E-state index contributed by atoms with van der Waals surface area (Å²) >= 11 is 5.96. The van der Waals surface area contributed by atoms with E-state index in [9.17, 15) is 0 Å². The third kappa shape index (κ3) is 2.67. The third-order valence-electron chi connectivity index (χ3n) is 2.49. The maximum absolute atomic E-state index is 5.96. The Balaban J connectivity index is 2.22. The molecule has 1 saturated heterocycles. The first-order chi connectivity index (χ1) is 7.29. The molecular formula is C11H15ClN2O. The summed E-state index contributed by atoms with van der Waals surface area (Å²) in [7, 11) is 0. The lowest BCUT2D eigenvalue weighted by Gasteiger charge is -2.09. The number of halogens is 1. The van der Waals surface area contributed by atoms with Gasteiger partial charge in [-0.15, -0.1) is 0 Å². The van der Waals surface area contributed by atoms with Crippen LogP contribution in [0.5, 0.6) is 0 Å². The van der Waals surface area contributed by atoms with Crippen molar-refractivity contribution in [3.05, 3.63) is 22.7 Å². The molecule has 2 rings (SSSR count). The maximum Gasteiger partial charge on any atom is 0.159 e. The van der Waals surface area contributed by atoms with E-state index < -0.39 is 0 Å². The van der Waals surface area contributed by atoms with E-state index in [1.54, 1.807) is 0 Å². The molecule has 4 heteroatoms. The lowest BCUT2D eigenvalue weighted by molar-refractivity contribution is 0.105. The van der Waals surface area contributed by atoms with E-state index in [4.69, 9.17) is 16.3 Å². The summed E-state index contributed by atoms with van der Waals surface area (Å²) in [5.74, 6) is 0.753. The molecule has 1 aromatic rings. The van der Waals surface area contributed by atoms with Crippen molar-refractivity contribution in [1.82, 2.24) is 9.97 Å². The Hall–Kier alpha value is -0.670. The van der Waals surface area contributed by atoms with Gasteiger partial charge in [0.05, 0.1) is 0 Å². The molecule has 1 aromatic heterocycles. The minimum Gasteiger partial charge on any atom is -0.370 e. The number of hydrogen-bond acceptors (Lipinski definition) is 3. The van der Waals surface area contributed by atoms with Crippen LogP contribution in [-0.2, 0) is 11.2 Å². The zero-order valence-electron chi connectivity index (χ0n) is 8.87. The Morgan fingerprint density at radius 3 is 3.07 bits per heavy atom. The van der Waals surface area contributed by atoms with Gasteiger partial charge in [-0.3, -0.25) is 0 Å². The summed E-state index contributed by atoms with van der Waals surface area (Å²) < 4.78 is 5.54. The largest absolute Gasteiger partial charge is 0.370 e. The lowest BCUT2D eigenvalue weighted by Crippen LogP contribution is -2.05. The fraction of sp³-hybridized carbons (Fsp3) is 0.636. The van der Waals surface area contributed by atoms with E-state index in [0.717, 1.165) is 43.8 Å². The number of aryl methyl sites for hydroxylation is 1. The molecule has 15 heavy (non-hydrogen) atoms. The van der Waals surface area contributed by atoms with Crippen LogP contribution in [0.3, 0.4) is 0 Å². The Morgan fingerprint density at radius 2 is 2.40 bits per heavy atom. The van der Waals surface area contributed by atoms with Gasteiger partial charge in [-0.25, -0.2) is 9.97 Å². The van der Waals surface area contributed by atoms with Crippen LogP contribution in [0.1, 0.15) is 43.8 Å². The van der Waals surface area contributed by atoms with Crippen molar-refractivity contribution in [2.24, 2.45) is 0 Å². The predicted octanol–water partition coefficient (Wildman–Crippen LogP) is 2.93. The molecule has 0 aromatic carbocycles. The molecule has 1 atom stereocenters. The zero-order valence-corrected chi connectivity index (χ0v) is 9.63. The second-order valence-corrected chi connectivity index (χ2v) is 4.18. The minimum absolute atomic E-state index is 0.0549. The van der Waals surface area contributed by atoms with Gasteiger partial charge in [0.2, 0.25) is 0 Å². The third-order valence-corrected chi connectivity index (χ3v) is 2.68. The monoisotopic (exact) mass is 226 g/mol. The fourth-order valence-electron chi connectivity index (χ4n) is 1.79. The van der Waals surface area contributed by atoms with Crippen molar-refractivity contribution in [3.8, 4) is 0 Å². The van der Waals surface area contributed by atoms with Crippen LogP contribution in [0.2, 0.25) is 5.15 Å². The molecule has 1 aliphatic rings. The van der Waals surface area contributed by atoms with Crippen LogP contribution < -0.4 is 0 Å². The van der Waals surface area contributed by atoms with E-state index in [1.807, 2.05) is 6.07 Å². The van der Waals surface area contributed by atoms with Crippen LogP contribution in [0.15, 0.2) is 6.07 Å². The quantitative estimate of drug-likeness (QED) is 0.744. The molecule has 2 heterocycles. The van der Waals surface area contributed by atoms with Gasteiger partial charge >= 0.3 is 0 Å². The second-order valence-electron chi connectivity index (χ2n) is 3.79. The Morgan fingerprint density at radius 1 is 1.53 bits per heavy atom. The van der Waals surface area contributed by atoms with E-state index >= 15 is 0 Å². The highest BCUT2D eigenvalue weighted by Crippen LogP contribution is 2.26. The fourth-order valence-corrected chi connectivity index (χ4v) is 2.01. The average molecular weight is 227 g/mol. The summed E-state index contributed by atoms with van der Waals surface area (Å²) in [5, 5.41) is 0.527. The Labute approximate surface area is 94.8 Å². The Bertz CT molecular complexity index is 337. The van der Waals surface area contributed by atoms with Gasteiger partial charge in [-0.2, -0.15) is 0 Å². The molecular weight excluding hydrogens is 212 g/mol. The minimum atomic E-state index is 0.0549. The van der Waals surface area contributed by atoms with Crippen LogP contribution in [-0.4, -0.2) is 16.6 Å². The number of nitrogens with zero attached hydrogens (tertiary/aromatic N) is 2. The predicted molar refractivity (Wildman–Crippen MR) is 59.0 cm³/mol. The van der Waals surface area contributed by atoms with E-state index in [1.165, 1.54) is 0 Å². The molecule has 82 valence electrons. The summed E-state index contributed by atoms with van der Waals surface area (Å²) in [6.07, 6.45) is 4.16. The molecule has 1 unspecified atom stereocenters. The van der Waals surface area contributed by atoms with E-state index in [2.05, 4.69) is 16.9 Å². The second kappa shape index (κ2) is 4.90. The van der Waals surface area contributed by atoms with Gasteiger partial charge in [-0.05, 0) is 25.3 Å². The average Bonchev–Trinajstić information content (AvgIpc) is 2.70. The first-order valence-corrected chi connectivity index (χ1v) is 5.82. The molecule has 0 N–H and O–H groups in total. The molecule has 1 fully saturated rings. The number of aromatic nitrogens is 2. The van der Waals surface area contributed by atoms with Crippen molar-refractivity contribution in [3.63, 3.8) is 0 Å². The topological polar surface area (TPSA) is 35.0 Å². The summed E-state index contributed by atoms with van der Waals surface area (Å²) in [6, 6.07) is 1.84. The lowest BCUT2D eigenvalue weighted by atomic mass is 10.2. The summed E-state index contributed by atoms with van der Waals surface area (Å²) in [4.78, 5) is 8.71. The van der Waals surface area contributed by atoms with Gasteiger partial charge in [0.15, 0.2) is 5.82 Å². The molecule has 1 aliphatic heterocycles.